The molecule has 76 valence electrons. The molecule has 1 fully saturated rings. The van der Waals surface area contributed by atoms with Gasteiger partial charge in [0.25, 0.3) is 0 Å². The van der Waals surface area contributed by atoms with Crippen LogP contribution in [0.1, 0.15) is 20.3 Å². The lowest BCUT2D eigenvalue weighted by Gasteiger charge is -2.17. The summed E-state index contributed by atoms with van der Waals surface area (Å²) in [4.78, 5) is 11.3. The third-order valence-corrected chi connectivity index (χ3v) is 2.29. The Balaban J connectivity index is 2.22. The van der Waals surface area contributed by atoms with Crippen molar-refractivity contribution in [2.75, 3.05) is 19.6 Å². The van der Waals surface area contributed by atoms with Gasteiger partial charge in [0.2, 0.25) is 5.91 Å². The summed E-state index contributed by atoms with van der Waals surface area (Å²) in [5.74, 6) is 0.0920. The third kappa shape index (κ3) is 3.32. The summed E-state index contributed by atoms with van der Waals surface area (Å²) in [6.07, 6.45) is 1.11. The van der Waals surface area contributed by atoms with E-state index in [9.17, 15) is 4.79 Å². The molecule has 1 aliphatic rings. The summed E-state index contributed by atoms with van der Waals surface area (Å²) in [7, 11) is 0. The predicted molar refractivity (Wildman–Crippen MR) is 52.6 cm³/mol. The van der Waals surface area contributed by atoms with Crippen LogP contribution >= 0.6 is 0 Å². The zero-order valence-electron chi connectivity index (χ0n) is 8.39. The second-order valence-corrected chi connectivity index (χ2v) is 3.47. The number of nitrogens with one attached hydrogen (secondary N) is 3. The maximum Gasteiger partial charge on any atom is 0.236 e. The molecule has 1 rings (SSSR count). The Kier molecular flexibility index (Phi) is 4.18. The van der Waals surface area contributed by atoms with Gasteiger partial charge in [-0.25, -0.2) is 0 Å². The smallest absolute Gasteiger partial charge is 0.236 e. The van der Waals surface area contributed by atoms with Crippen molar-refractivity contribution in [3.05, 3.63) is 0 Å². The lowest BCUT2D eigenvalue weighted by atomic mass is 10.2. The molecular weight excluding hydrogens is 166 g/mol. The Bertz CT molecular complexity index is 166. The van der Waals surface area contributed by atoms with Crippen molar-refractivity contribution in [3.8, 4) is 0 Å². The molecule has 0 aromatic carbocycles. The van der Waals surface area contributed by atoms with Crippen molar-refractivity contribution in [3.63, 3.8) is 0 Å². The fourth-order valence-electron chi connectivity index (χ4n) is 1.55. The van der Waals surface area contributed by atoms with E-state index in [1.54, 1.807) is 0 Å². The molecule has 0 bridgehead atoms. The van der Waals surface area contributed by atoms with Gasteiger partial charge in [-0.1, -0.05) is 0 Å². The summed E-state index contributed by atoms with van der Waals surface area (Å²) >= 11 is 0. The SMILES string of the molecule is CCNC(=O)C(C)NC1CCNC1. The summed E-state index contributed by atoms with van der Waals surface area (Å²) in [5.41, 5.74) is 0. The van der Waals surface area contributed by atoms with Crippen molar-refractivity contribution in [1.29, 1.82) is 0 Å². The monoisotopic (exact) mass is 185 g/mol. The first-order valence-electron chi connectivity index (χ1n) is 4.98. The van der Waals surface area contributed by atoms with E-state index >= 15 is 0 Å². The van der Waals surface area contributed by atoms with Gasteiger partial charge in [-0.3, -0.25) is 4.79 Å². The first-order valence-corrected chi connectivity index (χ1v) is 4.98. The standard InChI is InChI=1S/C9H19N3O/c1-3-11-9(13)7(2)12-8-4-5-10-6-8/h7-8,10,12H,3-6H2,1-2H3,(H,11,13). The fourth-order valence-corrected chi connectivity index (χ4v) is 1.55. The molecule has 1 aliphatic heterocycles. The number of rotatable bonds is 4. The molecule has 0 aromatic rings. The minimum absolute atomic E-state index is 0.0788. The van der Waals surface area contributed by atoms with Gasteiger partial charge in [0, 0.05) is 19.1 Å². The Morgan fingerprint density at radius 1 is 1.69 bits per heavy atom. The second kappa shape index (κ2) is 5.19. The number of carbonyl (C=O) groups excluding carboxylic acids is 1. The van der Waals surface area contributed by atoms with E-state index in [0.717, 1.165) is 19.5 Å². The Labute approximate surface area is 79.5 Å². The van der Waals surface area contributed by atoms with Crippen LogP contribution in [0.15, 0.2) is 0 Å². The molecule has 1 saturated heterocycles. The number of hydrogen-bond donors (Lipinski definition) is 3. The van der Waals surface area contributed by atoms with Crippen LogP contribution in [0.4, 0.5) is 0 Å². The van der Waals surface area contributed by atoms with Crippen LogP contribution in [0.2, 0.25) is 0 Å². The average molecular weight is 185 g/mol. The van der Waals surface area contributed by atoms with Crippen LogP contribution in [-0.4, -0.2) is 37.6 Å². The number of carbonyl (C=O) groups is 1. The van der Waals surface area contributed by atoms with E-state index in [2.05, 4.69) is 16.0 Å². The molecular formula is C9H19N3O. The van der Waals surface area contributed by atoms with Crippen LogP contribution in [0, 0.1) is 0 Å². The van der Waals surface area contributed by atoms with E-state index < -0.39 is 0 Å². The average Bonchev–Trinajstić information content (AvgIpc) is 2.57. The summed E-state index contributed by atoms with van der Waals surface area (Å²) in [6, 6.07) is 0.377. The number of hydrogen-bond acceptors (Lipinski definition) is 3. The highest BCUT2D eigenvalue weighted by atomic mass is 16.2. The van der Waals surface area contributed by atoms with Gasteiger partial charge < -0.3 is 16.0 Å². The molecule has 0 saturated carbocycles. The first kappa shape index (κ1) is 10.5. The molecule has 1 amide bonds. The normalized spacial score (nSPS) is 24.3. The molecule has 13 heavy (non-hydrogen) atoms. The summed E-state index contributed by atoms with van der Waals surface area (Å²) in [6.45, 7) is 6.57. The van der Waals surface area contributed by atoms with E-state index in [1.807, 2.05) is 13.8 Å². The summed E-state index contributed by atoms with van der Waals surface area (Å²) < 4.78 is 0. The minimum Gasteiger partial charge on any atom is -0.355 e. The molecule has 0 radical (unpaired) electrons. The van der Waals surface area contributed by atoms with E-state index in [4.69, 9.17) is 0 Å². The van der Waals surface area contributed by atoms with Crippen LogP contribution in [0.3, 0.4) is 0 Å². The number of amides is 1. The van der Waals surface area contributed by atoms with Gasteiger partial charge >= 0.3 is 0 Å². The molecule has 0 aliphatic carbocycles. The van der Waals surface area contributed by atoms with E-state index in [-0.39, 0.29) is 11.9 Å². The van der Waals surface area contributed by atoms with Gasteiger partial charge in [-0.15, -0.1) is 0 Å². The maximum atomic E-state index is 11.3. The van der Waals surface area contributed by atoms with Crippen molar-refractivity contribution in [1.82, 2.24) is 16.0 Å². The molecule has 1 heterocycles. The predicted octanol–water partition coefficient (Wildman–Crippen LogP) is -0.537. The highest BCUT2D eigenvalue weighted by molar-refractivity contribution is 5.81. The molecule has 0 spiro atoms. The van der Waals surface area contributed by atoms with Gasteiger partial charge in [0.1, 0.15) is 0 Å². The van der Waals surface area contributed by atoms with Crippen molar-refractivity contribution in [2.24, 2.45) is 0 Å². The van der Waals surface area contributed by atoms with Gasteiger partial charge in [-0.2, -0.15) is 0 Å². The van der Waals surface area contributed by atoms with Gasteiger partial charge in [0.05, 0.1) is 6.04 Å². The fraction of sp³-hybridized carbons (Fsp3) is 0.889. The quantitative estimate of drug-likeness (QED) is 0.551. The van der Waals surface area contributed by atoms with E-state index in [0.29, 0.717) is 12.6 Å². The zero-order chi connectivity index (χ0) is 9.68. The minimum atomic E-state index is -0.0788. The largest absolute Gasteiger partial charge is 0.355 e. The van der Waals surface area contributed by atoms with Gasteiger partial charge in [0.15, 0.2) is 0 Å². The lowest BCUT2D eigenvalue weighted by Crippen LogP contribution is -2.47. The van der Waals surface area contributed by atoms with Crippen LogP contribution in [-0.2, 0) is 4.79 Å². The third-order valence-electron chi connectivity index (χ3n) is 2.29. The van der Waals surface area contributed by atoms with Gasteiger partial charge in [-0.05, 0) is 26.8 Å². The maximum absolute atomic E-state index is 11.3. The molecule has 2 atom stereocenters. The summed E-state index contributed by atoms with van der Waals surface area (Å²) in [5, 5.41) is 9.34. The Morgan fingerprint density at radius 2 is 2.46 bits per heavy atom. The second-order valence-electron chi connectivity index (χ2n) is 3.47. The molecule has 4 heteroatoms. The van der Waals surface area contributed by atoms with Crippen molar-refractivity contribution in [2.45, 2.75) is 32.4 Å². The highest BCUT2D eigenvalue weighted by Crippen LogP contribution is 1.98. The van der Waals surface area contributed by atoms with Crippen LogP contribution < -0.4 is 16.0 Å². The molecule has 4 nitrogen and oxygen atoms in total. The molecule has 3 N–H and O–H groups in total. The van der Waals surface area contributed by atoms with Crippen molar-refractivity contribution < 1.29 is 4.79 Å². The first-order chi connectivity index (χ1) is 6.24. The van der Waals surface area contributed by atoms with Crippen LogP contribution in [0.25, 0.3) is 0 Å². The Morgan fingerprint density at radius 3 is 3.00 bits per heavy atom. The molecule has 0 aromatic heterocycles. The highest BCUT2D eigenvalue weighted by Gasteiger charge is 2.19. The van der Waals surface area contributed by atoms with Crippen LogP contribution in [0.5, 0.6) is 0 Å². The van der Waals surface area contributed by atoms with E-state index in [1.165, 1.54) is 0 Å². The molecule has 2 unspecified atom stereocenters. The number of likely N-dealkylation sites (N-methyl/N-ethyl adjacent to an activating group) is 1. The lowest BCUT2D eigenvalue weighted by molar-refractivity contribution is -0.122. The van der Waals surface area contributed by atoms with Crippen molar-refractivity contribution >= 4 is 5.91 Å². The zero-order valence-corrected chi connectivity index (χ0v) is 8.39. The Hall–Kier alpha value is -0.610. The topological polar surface area (TPSA) is 53.2 Å².